The normalized spacial score (nSPS) is 34.5. The van der Waals surface area contributed by atoms with E-state index in [-0.39, 0.29) is 17.0 Å². The van der Waals surface area contributed by atoms with E-state index in [1.165, 1.54) is 0 Å². The van der Waals surface area contributed by atoms with Crippen molar-refractivity contribution in [3.8, 4) is 0 Å². The van der Waals surface area contributed by atoms with E-state index in [9.17, 15) is 9.59 Å². The largest absolute Gasteiger partial charge is 0.337 e. The zero-order chi connectivity index (χ0) is 16.3. The number of fused-ring (bicyclic) bond motifs is 3. The van der Waals surface area contributed by atoms with Gasteiger partial charge in [0.1, 0.15) is 0 Å². The van der Waals surface area contributed by atoms with Crippen molar-refractivity contribution in [2.24, 2.45) is 5.41 Å². The van der Waals surface area contributed by atoms with Crippen LogP contribution < -0.4 is 0 Å². The van der Waals surface area contributed by atoms with Gasteiger partial charge >= 0.3 is 0 Å². The first-order valence-corrected chi connectivity index (χ1v) is 7.66. The molecule has 4 nitrogen and oxygen atoms in total. The molecule has 0 aliphatic carbocycles. The van der Waals surface area contributed by atoms with Crippen molar-refractivity contribution in [3.63, 3.8) is 0 Å². The van der Waals surface area contributed by atoms with Gasteiger partial charge in [-0.3, -0.25) is 9.59 Å². The maximum Gasteiger partial charge on any atom is 0.232 e. The number of benzene rings is 1. The number of hydrogen-bond donors (Lipinski definition) is 0. The monoisotopic (exact) mass is 302 g/mol. The van der Waals surface area contributed by atoms with Gasteiger partial charge in [0.2, 0.25) is 11.6 Å². The Balaban J connectivity index is 2.23. The van der Waals surface area contributed by atoms with E-state index in [4.69, 9.17) is 9.47 Å². The van der Waals surface area contributed by atoms with Gasteiger partial charge < -0.3 is 9.47 Å². The van der Waals surface area contributed by atoms with E-state index >= 15 is 0 Å². The Hall–Kier alpha value is -1.52. The second-order valence-electron chi connectivity index (χ2n) is 7.64. The van der Waals surface area contributed by atoms with Crippen LogP contribution in [0, 0.1) is 5.41 Å². The lowest BCUT2D eigenvalue weighted by molar-refractivity contribution is -0.136. The highest BCUT2D eigenvalue weighted by molar-refractivity contribution is 6.16. The topological polar surface area (TPSA) is 52.6 Å². The lowest BCUT2D eigenvalue weighted by Gasteiger charge is -2.35. The van der Waals surface area contributed by atoms with Crippen LogP contribution in [0.2, 0.25) is 0 Å². The first-order chi connectivity index (χ1) is 10.1. The van der Waals surface area contributed by atoms with Crippen LogP contribution in [0.3, 0.4) is 0 Å². The molecule has 0 aromatic heterocycles. The molecule has 2 bridgehead atoms. The maximum atomic E-state index is 13.2. The van der Waals surface area contributed by atoms with Gasteiger partial charge in [-0.25, -0.2) is 0 Å². The molecule has 0 spiro atoms. The van der Waals surface area contributed by atoms with Crippen molar-refractivity contribution in [2.75, 3.05) is 0 Å². The Labute approximate surface area is 130 Å². The van der Waals surface area contributed by atoms with Crippen LogP contribution in [0.4, 0.5) is 0 Å². The number of rotatable bonds is 1. The molecule has 2 aliphatic heterocycles. The van der Waals surface area contributed by atoms with E-state index in [0.29, 0.717) is 17.5 Å². The third-order valence-electron chi connectivity index (χ3n) is 4.44. The zero-order valence-corrected chi connectivity index (χ0v) is 13.7. The number of carbonyl (C=O) groups excluding carboxylic acids is 2. The van der Waals surface area contributed by atoms with E-state index in [1.807, 2.05) is 6.92 Å². The van der Waals surface area contributed by atoms with Gasteiger partial charge in [0, 0.05) is 11.1 Å². The maximum absolute atomic E-state index is 13.2. The molecule has 0 amide bonds. The molecular weight excluding hydrogens is 280 g/mol. The summed E-state index contributed by atoms with van der Waals surface area (Å²) >= 11 is 0. The van der Waals surface area contributed by atoms with E-state index < -0.39 is 17.5 Å². The molecule has 0 saturated carbocycles. The minimum absolute atomic E-state index is 0.138. The molecule has 3 atom stereocenters. The molecule has 118 valence electrons. The predicted molar refractivity (Wildman–Crippen MR) is 81.9 cm³/mol. The van der Waals surface area contributed by atoms with Gasteiger partial charge in [-0.1, -0.05) is 45.0 Å². The fraction of sp³-hybridized carbons (Fsp3) is 0.556. The SMILES string of the molecule is C[C@H]1O[C@]2(C)O[C@@]1(CC(C)(C)C)C(=O)c1ccccc1C2=O. The molecule has 3 rings (SSSR count). The van der Waals surface area contributed by atoms with Gasteiger partial charge in [-0.15, -0.1) is 0 Å². The van der Waals surface area contributed by atoms with Crippen molar-refractivity contribution in [1.29, 1.82) is 0 Å². The van der Waals surface area contributed by atoms with Crippen molar-refractivity contribution < 1.29 is 19.1 Å². The molecule has 1 aromatic rings. The summed E-state index contributed by atoms with van der Waals surface area (Å²) < 4.78 is 11.9. The number of ether oxygens (including phenoxy) is 2. The van der Waals surface area contributed by atoms with Gasteiger partial charge in [0.05, 0.1) is 6.10 Å². The minimum Gasteiger partial charge on any atom is -0.337 e. The Bertz CT molecular complexity index is 657. The molecule has 4 heteroatoms. The summed E-state index contributed by atoms with van der Waals surface area (Å²) in [5, 5.41) is 0. The van der Waals surface area contributed by atoms with Crippen LogP contribution in [-0.2, 0) is 9.47 Å². The van der Waals surface area contributed by atoms with Crippen LogP contribution in [0.25, 0.3) is 0 Å². The van der Waals surface area contributed by atoms with Crippen LogP contribution in [0.15, 0.2) is 24.3 Å². The smallest absolute Gasteiger partial charge is 0.232 e. The van der Waals surface area contributed by atoms with Crippen LogP contribution in [-0.4, -0.2) is 29.1 Å². The molecule has 22 heavy (non-hydrogen) atoms. The van der Waals surface area contributed by atoms with Crippen molar-refractivity contribution in [2.45, 2.75) is 58.5 Å². The van der Waals surface area contributed by atoms with Gasteiger partial charge in [0.15, 0.2) is 11.4 Å². The Morgan fingerprint density at radius 3 is 2.18 bits per heavy atom. The lowest BCUT2D eigenvalue weighted by Crippen LogP contribution is -2.49. The Kier molecular flexibility index (Phi) is 3.14. The average Bonchev–Trinajstić information content (AvgIpc) is 2.65. The van der Waals surface area contributed by atoms with Crippen molar-refractivity contribution >= 4 is 11.6 Å². The van der Waals surface area contributed by atoms with Gasteiger partial charge in [-0.05, 0) is 25.7 Å². The fourth-order valence-corrected chi connectivity index (χ4v) is 3.62. The lowest BCUT2D eigenvalue weighted by atomic mass is 9.75. The molecule has 2 heterocycles. The first kappa shape index (κ1) is 15.4. The van der Waals surface area contributed by atoms with Crippen LogP contribution in [0.5, 0.6) is 0 Å². The number of carbonyl (C=O) groups is 2. The predicted octanol–water partition coefficient (Wildman–Crippen LogP) is 3.39. The quantitative estimate of drug-likeness (QED) is 0.798. The Morgan fingerprint density at radius 2 is 1.64 bits per heavy atom. The second-order valence-corrected chi connectivity index (χ2v) is 7.64. The third-order valence-corrected chi connectivity index (χ3v) is 4.44. The summed E-state index contributed by atoms with van der Waals surface area (Å²) in [6.07, 6.45) is 0.0264. The summed E-state index contributed by atoms with van der Waals surface area (Å²) in [5.74, 6) is -1.83. The molecule has 1 aromatic carbocycles. The fourth-order valence-electron chi connectivity index (χ4n) is 3.62. The Morgan fingerprint density at radius 1 is 1.09 bits per heavy atom. The van der Waals surface area contributed by atoms with E-state index in [1.54, 1.807) is 31.2 Å². The highest BCUT2D eigenvalue weighted by Crippen LogP contribution is 2.48. The molecule has 0 unspecified atom stereocenters. The van der Waals surface area contributed by atoms with Crippen molar-refractivity contribution in [1.82, 2.24) is 0 Å². The van der Waals surface area contributed by atoms with Crippen LogP contribution >= 0.6 is 0 Å². The number of hydrogen-bond acceptors (Lipinski definition) is 4. The summed E-state index contributed by atoms with van der Waals surface area (Å²) in [7, 11) is 0. The average molecular weight is 302 g/mol. The molecule has 0 radical (unpaired) electrons. The standard InChI is InChI=1S/C18H22O4/c1-11-18(10-16(2,3)4)15(20)13-9-7-6-8-12(13)14(19)17(5,21-11)22-18/h6-9,11H,10H2,1-5H3/t11-,17-,18-/m1/s1. The molecular formula is C18H22O4. The second kappa shape index (κ2) is 4.49. The number of Topliss-reactive ketones (excluding diaryl/α,β-unsaturated/α-hetero) is 2. The summed E-state index contributed by atoms with van der Waals surface area (Å²) in [6, 6.07) is 6.91. The van der Waals surface area contributed by atoms with Crippen molar-refractivity contribution in [3.05, 3.63) is 35.4 Å². The molecule has 0 N–H and O–H groups in total. The molecule has 1 saturated heterocycles. The van der Waals surface area contributed by atoms with E-state index in [2.05, 4.69) is 20.8 Å². The summed E-state index contributed by atoms with van der Waals surface area (Å²) in [6.45, 7) is 9.60. The van der Waals surface area contributed by atoms with E-state index in [0.717, 1.165) is 0 Å². The minimum atomic E-state index is -1.40. The van der Waals surface area contributed by atoms with Crippen LogP contribution in [0.1, 0.15) is 61.8 Å². The zero-order valence-electron chi connectivity index (χ0n) is 13.7. The highest BCUT2D eigenvalue weighted by atomic mass is 16.8. The summed E-state index contributed by atoms with van der Waals surface area (Å²) in [4.78, 5) is 26.0. The third kappa shape index (κ3) is 2.05. The molecule has 2 aliphatic rings. The number of ketones is 2. The van der Waals surface area contributed by atoms with Gasteiger partial charge in [-0.2, -0.15) is 0 Å². The molecule has 1 fully saturated rings. The first-order valence-electron chi connectivity index (χ1n) is 7.66. The van der Waals surface area contributed by atoms with Gasteiger partial charge in [0.25, 0.3) is 0 Å². The highest BCUT2D eigenvalue weighted by Gasteiger charge is 2.63. The summed E-state index contributed by atoms with van der Waals surface area (Å²) in [5.41, 5.74) is -0.427.